The van der Waals surface area contributed by atoms with E-state index in [-0.39, 0.29) is 0 Å². The molecule has 0 atom stereocenters. The van der Waals surface area contributed by atoms with Gasteiger partial charge in [-0.25, -0.2) is 0 Å². The maximum Gasteiger partial charge on any atom is 0.139 e. The maximum absolute atomic E-state index is 4.01. The van der Waals surface area contributed by atoms with E-state index in [0.717, 1.165) is 5.01 Å². The van der Waals surface area contributed by atoms with E-state index < -0.39 is 0 Å². The van der Waals surface area contributed by atoms with Crippen molar-refractivity contribution < 1.29 is 0 Å². The highest BCUT2D eigenvalue weighted by molar-refractivity contribution is 7.10. The number of nitrogens with zero attached hydrogens (tertiary/aromatic N) is 2. The molecule has 0 aliphatic heterocycles. The van der Waals surface area contributed by atoms with Crippen molar-refractivity contribution in [1.82, 2.24) is 10.2 Å². The third-order valence-electron chi connectivity index (χ3n) is 4.36. The van der Waals surface area contributed by atoms with Crippen molar-refractivity contribution in [2.45, 2.75) is 103 Å². The minimum absolute atomic E-state index is 1.02. The minimum Gasteiger partial charge on any atom is -0.147 e. The molecule has 0 fully saturated rings. The van der Waals surface area contributed by atoms with Gasteiger partial charge in [-0.2, -0.15) is 0 Å². The molecule has 0 amide bonds. The van der Waals surface area contributed by atoms with E-state index >= 15 is 0 Å². The number of hydrogen-bond acceptors (Lipinski definition) is 3. The summed E-state index contributed by atoms with van der Waals surface area (Å²) in [6.07, 6.45) is 25.5. The van der Waals surface area contributed by atoms with Gasteiger partial charge in [-0.3, -0.25) is 0 Å². The normalized spacial score (nSPS) is 11.5. The molecule has 3 heteroatoms. The molecule has 0 N–H and O–H groups in total. The number of hydrogen-bond donors (Lipinski definition) is 0. The standard InChI is InChI=1S/C20H36N2S/c1-2-3-4-5-6-7-8-9-10-11-12-13-14-15-16-17-18-20-22-21-19-23-20/h17-19H,2-16H2,1H3. The molecule has 1 heterocycles. The van der Waals surface area contributed by atoms with Gasteiger partial charge >= 0.3 is 0 Å². The van der Waals surface area contributed by atoms with E-state index in [9.17, 15) is 0 Å². The molecule has 0 bridgehead atoms. The summed E-state index contributed by atoms with van der Waals surface area (Å²) in [5.41, 5.74) is 1.78. The molecule has 0 aromatic carbocycles. The Morgan fingerprint density at radius 3 is 1.78 bits per heavy atom. The van der Waals surface area contributed by atoms with Gasteiger partial charge in [0.1, 0.15) is 10.5 Å². The third-order valence-corrected chi connectivity index (χ3v) is 5.02. The van der Waals surface area contributed by atoms with Crippen LogP contribution in [0, 0.1) is 0 Å². The van der Waals surface area contributed by atoms with Crippen molar-refractivity contribution in [3.05, 3.63) is 16.6 Å². The van der Waals surface area contributed by atoms with Crippen molar-refractivity contribution in [1.29, 1.82) is 0 Å². The van der Waals surface area contributed by atoms with Gasteiger partial charge in [0.05, 0.1) is 0 Å². The van der Waals surface area contributed by atoms with Crippen LogP contribution in [0.1, 0.15) is 108 Å². The highest BCUT2D eigenvalue weighted by atomic mass is 32.1. The molecule has 0 unspecified atom stereocenters. The number of unbranched alkanes of at least 4 members (excludes halogenated alkanes) is 14. The zero-order valence-corrected chi connectivity index (χ0v) is 16.0. The Balaban J connectivity index is 1.71. The topological polar surface area (TPSA) is 25.8 Å². The zero-order chi connectivity index (χ0) is 16.4. The summed E-state index contributed by atoms with van der Waals surface area (Å²) in [6.45, 7) is 2.29. The Kier molecular flexibility index (Phi) is 14.3. The van der Waals surface area contributed by atoms with Crippen LogP contribution in [0.3, 0.4) is 0 Å². The molecule has 0 aliphatic rings. The first-order valence-electron chi connectivity index (χ1n) is 9.86. The highest BCUT2D eigenvalue weighted by Crippen LogP contribution is 2.13. The fraction of sp³-hybridized carbons (Fsp3) is 0.800. The van der Waals surface area contributed by atoms with Gasteiger partial charge in [-0.05, 0) is 18.9 Å². The van der Waals surface area contributed by atoms with E-state index in [0.29, 0.717) is 0 Å². The van der Waals surface area contributed by atoms with Crippen LogP contribution in [0.5, 0.6) is 0 Å². The maximum atomic E-state index is 4.01. The van der Waals surface area contributed by atoms with E-state index in [1.165, 1.54) is 96.3 Å². The largest absolute Gasteiger partial charge is 0.147 e. The van der Waals surface area contributed by atoms with Gasteiger partial charge < -0.3 is 0 Å². The number of aromatic nitrogens is 2. The summed E-state index contributed by atoms with van der Waals surface area (Å²) < 4.78 is 0. The molecule has 0 spiro atoms. The predicted molar refractivity (Wildman–Crippen MR) is 104 cm³/mol. The van der Waals surface area contributed by atoms with Crippen LogP contribution in [-0.2, 0) is 0 Å². The molecule has 2 nitrogen and oxygen atoms in total. The molecule has 0 aliphatic carbocycles. The lowest BCUT2D eigenvalue weighted by Crippen LogP contribution is -1.83. The molecule has 1 rings (SSSR count). The first-order chi connectivity index (χ1) is 11.4. The van der Waals surface area contributed by atoms with Crippen LogP contribution in [0.2, 0.25) is 0 Å². The van der Waals surface area contributed by atoms with Crippen molar-refractivity contribution in [3.8, 4) is 0 Å². The van der Waals surface area contributed by atoms with Crippen molar-refractivity contribution in [2.75, 3.05) is 0 Å². The SMILES string of the molecule is CCCCCCCCCCCCCCCCC=Cc1nncs1. The van der Waals surface area contributed by atoms with E-state index in [2.05, 4.69) is 29.3 Å². The fourth-order valence-corrected chi connectivity index (χ4v) is 3.37. The molecule has 0 saturated heterocycles. The van der Waals surface area contributed by atoms with Gasteiger partial charge in [0.15, 0.2) is 0 Å². The van der Waals surface area contributed by atoms with E-state index in [4.69, 9.17) is 0 Å². The first-order valence-corrected chi connectivity index (χ1v) is 10.7. The quantitative estimate of drug-likeness (QED) is 0.293. The van der Waals surface area contributed by atoms with E-state index in [1.54, 1.807) is 16.8 Å². The summed E-state index contributed by atoms with van der Waals surface area (Å²) in [5.74, 6) is 0. The summed E-state index contributed by atoms with van der Waals surface area (Å²) in [6, 6.07) is 0. The van der Waals surface area contributed by atoms with Crippen LogP contribution >= 0.6 is 11.3 Å². The molecule has 1 aromatic rings. The summed E-state index contributed by atoms with van der Waals surface area (Å²) in [4.78, 5) is 0. The summed E-state index contributed by atoms with van der Waals surface area (Å²) in [7, 11) is 0. The van der Waals surface area contributed by atoms with Gasteiger partial charge in [-0.15, -0.1) is 21.5 Å². The Hall–Kier alpha value is -0.700. The summed E-state index contributed by atoms with van der Waals surface area (Å²) in [5, 5.41) is 8.86. The highest BCUT2D eigenvalue weighted by Gasteiger charge is 1.94. The lowest BCUT2D eigenvalue weighted by Gasteiger charge is -2.02. The first kappa shape index (κ1) is 20.3. The molecular formula is C20H36N2S. The van der Waals surface area contributed by atoms with Gasteiger partial charge in [0, 0.05) is 0 Å². The molecule has 132 valence electrons. The fourth-order valence-electron chi connectivity index (χ4n) is 2.90. The number of rotatable bonds is 16. The molecule has 23 heavy (non-hydrogen) atoms. The average Bonchev–Trinajstić information content (AvgIpc) is 3.08. The van der Waals surface area contributed by atoms with Gasteiger partial charge in [-0.1, -0.05) is 96.5 Å². The Labute approximate surface area is 147 Å². The van der Waals surface area contributed by atoms with Crippen LogP contribution in [0.25, 0.3) is 6.08 Å². The van der Waals surface area contributed by atoms with Crippen molar-refractivity contribution in [3.63, 3.8) is 0 Å². The van der Waals surface area contributed by atoms with Gasteiger partial charge in [0.25, 0.3) is 0 Å². The number of allylic oxidation sites excluding steroid dienone is 1. The third kappa shape index (κ3) is 13.4. The monoisotopic (exact) mass is 336 g/mol. The van der Waals surface area contributed by atoms with Gasteiger partial charge in [0.2, 0.25) is 0 Å². The van der Waals surface area contributed by atoms with Crippen LogP contribution in [-0.4, -0.2) is 10.2 Å². The average molecular weight is 337 g/mol. The molecule has 0 radical (unpaired) electrons. The second-order valence-corrected chi connectivity index (χ2v) is 7.43. The molecule has 0 saturated carbocycles. The smallest absolute Gasteiger partial charge is 0.139 e. The second kappa shape index (κ2) is 16.2. The second-order valence-electron chi connectivity index (χ2n) is 6.56. The minimum atomic E-state index is 1.02. The van der Waals surface area contributed by atoms with Crippen LogP contribution < -0.4 is 0 Å². The zero-order valence-electron chi connectivity index (χ0n) is 15.1. The Bertz CT molecular complexity index is 360. The lowest BCUT2D eigenvalue weighted by molar-refractivity contribution is 0.536. The Morgan fingerprint density at radius 1 is 0.783 bits per heavy atom. The summed E-state index contributed by atoms with van der Waals surface area (Å²) >= 11 is 1.60. The molecular weight excluding hydrogens is 300 g/mol. The van der Waals surface area contributed by atoms with Crippen molar-refractivity contribution in [2.24, 2.45) is 0 Å². The lowest BCUT2D eigenvalue weighted by atomic mass is 10.0. The van der Waals surface area contributed by atoms with E-state index in [1.807, 2.05) is 0 Å². The van der Waals surface area contributed by atoms with Crippen molar-refractivity contribution >= 4 is 17.4 Å². The van der Waals surface area contributed by atoms with Crippen LogP contribution in [0.15, 0.2) is 11.6 Å². The molecule has 1 aromatic heterocycles. The van der Waals surface area contributed by atoms with Crippen LogP contribution in [0.4, 0.5) is 0 Å². The Morgan fingerprint density at radius 2 is 1.30 bits per heavy atom. The predicted octanol–water partition coefficient (Wildman–Crippen LogP) is 7.42.